The van der Waals surface area contributed by atoms with Crippen molar-refractivity contribution in [3.63, 3.8) is 0 Å². The number of amides is 1. The molecule has 0 saturated heterocycles. The fraction of sp³-hybridized carbons (Fsp3) is 0.538. The summed E-state index contributed by atoms with van der Waals surface area (Å²) in [4.78, 5) is 22.6. The lowest BCUT2D eigenvalue weighted by molar-refractivity contribution is -0.142. The van der Waals surface area contributed by atoms with Gasteiger partial charge in [0, 0.05) is 6.04 Å². The molecule has 4 nitrogen and oxygen atoms in total. The van der Waals surface area contributed by atoms with E-state index in [-0.39, 0.29) is 17.9 Å². The van der Waals surface area contributed by atoms with Gasteiger partial charge < -0.3 is 10.4 Å². The van der Waals surface area contributed by atoms with Gasteiger partial charge in [0.2, 0.25) is 5.91 Å². The second-order valence-electron chi connectivity index (χ2n) is 4.76. The summed E-state index contributed by atoms with van der Waals surface area (Å²) in [7, 11) is 0. The van der Waals surface area contributed by atoms with Crippen LogP contribution >= 0.6 is 11.3 Å². The second kappa shape index (κ2) is 6.00. The normalized spacial score (nSPS) is 23.6. The van der Waals surface area contributed by atoms with Crippen molar-refractivity contribution in [2.24, 2.45) is 5.92 Å². The molecule has 2 rings (SSSR count). The van der Waals surface area contributed by atoms with Gasteiger partial charge in [-0.25, -0.2) is 0 Å². The van der Waals surface area contributed by atoms with Crippen molar-refractivity contribution in [1.29, 1.82) is 0 Å². The van der Waals surface area contributed by atoms with Gasteiger partial charge in [0.25, 0.3) is 0 Å². The Hall–Kier alpha value is -1.36. The van der Waals surface area contributed by atoms with E-state index in [0.29, 0.717) is 19.3 Å². The van der Waals surface area contributed by atoms with Crippen molar-refractivity contribution >= 4 is 23.2 Å². The SMILES string of the molecule is O=C(Cc1ccsc1)NC1CCC(C(=O)O)CC1. The molecule has 0 atom stereocenters. The van der Waals surface area contributed by atoms with Crippen LogP contribution in [0.15, 0.2) is 16.8 Å². The van der Waals surface area contributed by atoms with E-state index in [1.807, 2.05) is 16.8 Å². The Kier molecular flexibility index (Phi) is 4.36. The van der Waals surface area contributed by atoms with E-state index in [1.165, 1.54) is 0 Å². The van der Waals surface area contributed by atoms with Gasteiger partial charge in [-0.1, -0.05) is 0 Å². The zero-order valence-corrected chi connectivity index (χ0v) is 10.9. The first kappa shape index (κ1) is 13.1. The number of aliphatic carboxylic acids is 1. The van der Waals surface area contributed by atoms with Gasteiger partial charge >= 0.3 is 5.97 Å². The molecule has 1 fully saturated rings. The minimum atomic E-state index is -0.710. The van der Waals surface area contributed by atoms with Crippen LogP contribution in [0.25, 0.3) is 0 Å². The van der Waals surface area contributed by atoms with E-state index in [0.717, 1.165) is 18.4 Å². The summed E-state index contributed by atoms with van der Waals surface area (Å²) >= 11 is 1.59. The molecular weight excluding hydrogens is 250 g/mol. The Morgan fingerprint density at radius 2 is 2.06 bits per heavy atom. The van der Waals surface area contributed by atoms with E-state index in [1.54, 1.807) is 11.3 Å². The summed E-state index contributed by atoms with van der Waals surface area (Å²) in [5.74, 6) is -0.903. The van der Waals surface area contributed by atoms with Crippen molar-refractivity contribution in [1.82, 2.24) is 5.32 Å². The number of hydrogen-bond acceptors (Lipinski definition) is 3. The van der Waals surface area contributed by atoms with E-state index in [2.05, 4.69) is 5.32 Å². The second-order valence-corrected chi connectivity index (χ2v) is 5.54. The Bertz CT molecular complexity index is 408. The Morgan fingerprint density at radius 1 is 1.33 bits per heavy atom. The summed E-state index contributed by atoms with van der Waals surface area (Å²) in [5.41, 5.74) is 1.04. The number of rotatable bonds is 4. The average molecular weight is 267 g/mol. The lowest BCUT2D eigenvalue weighted by Gasteiger charge is -2.26. The van der Waals surface area contributed by atoms with Crippen LogP contribution in [0.4, 0.5) is 0 Å². The molecule has 0 radical (unpaired) electrons. The third-order valence-corrected chi connectivity index (χ3v) is 4.12. The molecule has 0 aliphatic heterocycles. The molecule has 1 heterocycles. The Labute approximate surface area is 110 Å². The van der Waals surface area contributed by atoms with Gasteiger partial charge in [-0.3, -0.25) is 9.59 Å². The first-order valence-electron chi connectivity index (χ1n) is 6.18. The molecule has 0 aromatic carbocycles. The maximum atomic E-state index is 11.8. The molecular formula is C13H17NO3S. The molecule has 18 heavy (non-hydrogen) atoms. The molecule has 0 bridgehead atoms. The number of carbonyl (C=O) groups excluding carboxylic acids is 1. The van der Waals surface area contributed by atoms with Crippen LogP contribution in [0, 0.1) is 5.92 Å². The summed E-state index contributed by atoms with van der Waals surface area (Å²) in [6, 6.07) is 2.10. The highest BCUT2D eigenvalue weighted by atomic mass is 32.1. The molecule has 1 aliphatic rings. The summed E-state index contributed by atoms with van der Waals surface area (Å²) < 4.78 is 0. The van der Waals surface area contributed by atoms with E-state index in [4.69, 9.17) is 5.11 Å². The van der Waals surface area contributed by atoms with Crippen molar-refractivity contribution in [2.45, 2.75) is 38.1 Å². The van der Waals surface area contributed by atoms with Gasteiger partial charge in [-0.05, 0) is 48.1 Å². The predicted molar refractivity (Wildman–Crippen MR) is 69.5 cm³/mol. The van der Waals surface area contributed by atoms with E-state index < -0.39 is 5.97 Å². The van der Waals surface area contributed by atoms with Crippen LogP contribution in [0.2, 0.25) is 0 Å². The third-order valence-electron chi connectivity index (χ3n) is 3.39. The topological polar surface area (TPSA) is 66.4 Å². The Morgan fingerprint density at radius 3 is 2.61 bits per heavy atom. The highest BCUT2D eigenvalue weighted by Crippen LogP contribution is 2.24. The van der Waals surface area contributed by atoms with Gasteiger partial charge in [-0.2, -0.15) is 11.3 Å². The highest BCUT2D eigenvalue weighted by Gasteiger charge is 2.26. The smallest absolute Gasteiger partial charge is 0.306 e. The molecule has 1 aromatic heterocycles. The van der Waals surface area contributed by atoms with Crippen LogP contribution < -0.4 is 5.32 Å². The number of carboxylic acid groups (broad SMARTS) is 1. The number of hydrogen-bond donors (Lipinski definition) is 2. The van der Waals surface area contributed by atoms with Crippen molar-refractivity contribution in [3.05, 3.63) is 22.4 Å². The quantitative estimate of drug-likeness (QED) is 0.877. The molecule has 2 N–H and O–H groups in total. The zero-order chi connectivity index (χ0) is 13.0. The molecule has 1 saturated carbocycles. The first-order valence-corrected chi connectivity index (χ1v) is 7.12. The van der Waals surface area contributed by atoms with Crippen LogP contribution in [0.1, 0.15) is 31.2 Å². The largest absolute Gasteiger partial charge is 0.481 e. The number of carbonyl (C=O) groups is 2. The molecule has 1 amide bonds. The molecule has 0 unspecified atom stereocenters. The fourth-order valence-electron chi connectivity index (χ4n) is 2.34. The first-order chi connectivity index (χ1) is 8.65. The minimum Gasteiger partial charge on any atom is -0.481 e. The number of thiophene rings is 1. The molecule has 1 aromatic rings. The van der Waals surface area contributed by atoms with Gasteiger partial charge in [0.1, 0.15) is 0 Å². The van der Waals surface area contributed by atoms with Crippen LogP contribution in [-0.2, 0) is 16.0 Å². The molecule has 5 heteroatoms. The molecule has 0 spiro atoms. The van der Waals surface area contributed by atoms with Crippen molar-refractivity contribution < 1.29 is 14.7 Å². The lowest BCUT2D eigenvalue weighted by atomic mass is 9.86. The van der Waals surface area contributed by atoms with Crippen LogP contribution in [0.5, 0.6) is 0 Å². The van der Waals surface area contributed by atoms with Crippen molar-refractivity contribution in [2.75, 3.05) is 0 Å². The Balaban J connectivity index is 1.74. The van der Waals surface area contributed by atoms with Crippen LogP contribution in [0.3, 0.4) is 0 Å². The minimum absolute atomic E-state index is 0.0344. The van der Waals surface area contributed by atoms with Gasteiger partial charge in [-0.15, -0.1) is 0 Å². The third kappa shape index (κ3) is 3.57. The van der Waals surface area contributed by atoms with E-state index >= 15 is 0 Å². The van der Waals surface area contributed by atoms with E-state index in [9.17, 15) is 9.59 Å². The maximum Gasteiger partial charge on any atom is 0.306 e. The zero-order valence-electron chi connectivity index (χ0n) is 10.1. The molecule has 1 aliphatic carbocycles. The predicted octanol–water partition coefficient (Wildman–Crippen LogP) is 2.05. The van der Waals surface area contributed by atoms with Gasteiger partial charge in [0.15, 0.2) is 0 Å². The summed E-state index contributed by atoms with van der Waals surface area (Å²) in [6.07, 6.45) is 3.29. The monoisotopic (exact) mass is 267 g/mol. The van der Waals surface area contributed by atoms with Gasteiger partial charge in [0.05, 0.1) is 12.3 Å². The van der Waals surface area contributed by atoms with Crippen LogP contribution in [-0.4, -0.2) is 23.0 Å². The van der Waals surface area contributed by atoms with Crippen molar-refractivity contribution in [3.8, 4) is 0 Å². The lowest BCUT2D eigenvalue weighted by Crippen LogP contribution is -2.39. The summed E-state index contributed by atoms with van der Waals surface area (Å²) in [6.45, 7) is 0. The fourth-order valence-corrected chi connectivity index (χ4v) is 3.01. The number of carboxylic acids is 1. The highest BCUT2D eigenvalue weighted by molar-refractivity contribution is 7.07. The molecule has 98 valence electrons. The maximum absolute atomic E-state index is 11.8. The number of nitrogens with one attached hydrogen (secondary N) is 1. The standard InChI is InChI=1S/C13H17NO3S/c15-12(7-9-5-6-18-8-9)14-11-3-1-10(2-4-11)13(16)17/h5-6,8,10-11H,1-4,7H2,(H,14,15)(H,16,17). The summed E-state index contributed by atoms with van der Waals surface area (Å²) in [5, 5.41) is 15.8. The average Bonchev–Trinajstić information content (AvgIpc) is 2.82.